The minimum Gasteiger partial charge on any atom is -0.337 e. The van der Waals surface area contributed by atoms with E-state index >= 15 is 0 Å². The zero-order valence-corrected chi connectivity index (χ0v) is 75.3. The van der Waals surface area contributed by atoms with Crippen LogP contribution in [0.3, 0.4) is 0 Å². The van der Waals surface area contributed by atoms with E-state index in [0.717, 1.165) is 0 Å². The molecule has 4 aliphatic heterocycles. The van der Waals surface area contributed by atoms with Gasteiger partial charge in [-0.3, -0.25) is 0 Å². The number of aromatic nitrogens is 4. The van der Waals surface area contributed by atoms with Gasteiger partial charge in [0, 0.05) is 75.8 Å². The number of nitrogens with zero attached hydrogens (tertiary/aromatic N) is 12. The number of hydrogen-bond donors (Lipinski definition) is 0. The molecule has 0 fully saturated rings. The van der Waals surface area contributed by atoms with Crippen molar-refractivity contribution in [3.8, 4) is 45.0 Å². The number of pyridine rings is 4. The lowest BCUT2D eigenvalue weighted by atomic mass is 9.95. The summed E-state index contributed by atoms with van der Waals surface area (Å²) in [5, 5.41) is 0. The van der Waals surface area contributed by atoms with Gasteiger partial charge in [0.25, 0.3) is 23.3 Å². The third-order valence-electron chi connectivity index (χ3n) is 25.2. The van der Waals surface area contributed by atoms with Gasteiger partial charge in [0.1, 0.15) is 46.6 Å². The Morgan fingerprint density at radius 3 is 1.21 bits per heavy atom. The molecule has 12 heteroatoms. The van der Waals surface area contributed by atoms with Crippen LogP contribution in [0.5, 0.6) is 0 Å². The molecule has 0 amide bonds. The molecule has 0 N–H and O–H groups in total. The molecule has 8 heterocycles. The van der Waals surface area contributed by atoms with E-state index in [9.17, 15) is 0 Å². The van der Waals surface area contributed by atoms with Crippen molar-refractivity contribution in [2.45, 2.75) is 198 Å². The van der Waals surface area contributed by atoms with E-state index in [1.807, 2.05) is 0 Å². The summed E-state index contributed by atoms with van der Waals surface area (Å²) >= 11 is 0. The van der Waals surface area contributed by atoms with Gasteiger partial charge in [-0.05, 0) is 307 Å². The Labute approximate surface area is 695 Å². The maximum Gasteiger partial charge on any atom is 0.286 e. The minimum absolute atomic E-state index is 0.191. The topological polar surface area (TPSA) is 41.4 Å². The van der Waals surface area contributed by atoms with Crippen molar-refractivity contribution in [1.29, 1.82) is 0 Å². The van der Waals surface area contributed by atoms with Crippen molar-refractivity contribution in [3.05, 3.63) is 324 Å². The Hall–Kier alpha value is -11.5. The highest BCUT2D eigenvalue weighted by Gasteiger charge is 2.44. The van der Waals surface area contributed by atoms with E-state index in [2.05, 4.69) is 473 Å². The van der Waals surface area contributed by atoms with Crippen molar-refractivity contribution >= 4 is 40.3 Å². The monoisotopic (exact) mass is 1550 g/mol. The Morgan fingerprint density at radius 1 is 0.250 bits per heavy atom. The van der Waals surface area contributed by atoms with Crippen LogP contribution in [0.25, 0.3) is 45.0 Å². The molecule has 0 radical (unpaired) electrons. The zero-order chi connectivity index (χ0) is 84.1. The summed E-state index contributed by atoms with van der Waals surface area (Å²) in [6, 6.07) is 66.0. The summed E-state index contributed by atoms with van der Waals surface area (Å²) in [6.45, 7) is 55.4. The van der Waals surface area contributed by atoms with Crippen molar-refractivity contribution in [2.75, 3.05) is 41.3 Å². The Bertz CT molecular complexity index is 5680. The molecule has 0 saturated carbocycles. The third-order valence-corrected chi connectivity index (χ3v) is 25.2. The van der Waals surface area contributed by atoms with E-state index in [-0.39, 0.29) is 18.5 Å². The quantitative estimate of drug-likeness (QED) is 0.119. The number of anilines is 7. The van der Waals surface area contributed by atoms with Crippen LogP contribution in [0, 0.1) is 118 Å². The first kappa shape index (κ1) is 83.9. The van der Waals surface area contributed by atoms with Gasteiger partial charge in [-0.2, -0.15) is 0 Å². The Morgan fingerprint density at radius 2 is 0.655 bits per heavy atom. The maximum absolute atomic E-state index is 2.49. The summed E-state index contributed by atoms with van der Waals surface area (Å²) < 4.78 is 9.47. The molecule has 15 rings (SSSR count). The van der Waals surface area contributed by atoms with E-state index in [1.165, 1.54) is 203 Å². The highest BCUT2D eigenvalue weighted by Crippen LogP contribution is 2.42. The molecular formula is C104H128N12+4. The van der Waals surface area contributed by atoms with Crippen LogP contribution in [-0.4, -0.2) is 36.6 Å². The summed E-state index contributed by atoms with van der Waals surface area (Å²) in [4.78, 5) is 19.2. The molecule has 11 aromatic rings. The summed E-state index contributed by atoms with van der Waals surface area (Å²) in [5.41, 5.74) is 41.6. The minimum atomic E-state index is 0.191. The normalized spacial score (nSPS) is 16.4. The predicted molar refractivity (Wildman–Crippen MR) is 490 cm³/mol. The predicted octanol–water partition coefficient (Wildman–Crippen LogP) is 22.5. The molecule has 0 spiro atoms. The largest absolute Gasteiger partial charge is 0.337 e. The fourth-order valence-electron chi connectivity index (χ4n) is 18.7. The number of rotatable bonds is 11. The van der Waals surface area contributed by atoms with Gasteiger partial charge in [-0.25, -0.2) is 37.9 Å². The second-order valence-corrected chi connectivity index (χ2v) is 33.5. The van der Waals surface area contributed by atoms with Gasteiger partial charge in [0.05, 0.1) is 45.3 Å². The fourth-order valence-corrected chi connectivity index (χ4v) is 18.7. The van der Waals surface area contributed by atoms with Crippen LogP contribution < -0.4 is 52.6 Å². The number of benzene rings is 7. The average Bonchev–Trinajstić information content (AvgIpc) is 1.50. The van der Waals surface area contributed by atoms with Gasteiger partial charge in [-0.1, -0.05) is 120 Å². The van der Waals surface area contributed by atoms with Crippen molar-refractivity contribution in [2.24, 2.45) is 28.2 Å². The van der Waals surface area contributed by atoms with E-state index in [0.29, 0.717) is 6.17 Å². The van der Waals surface area contributed by atoms with Crippen molar-refractivity contribution in [3.63, 3.8) is 0 Å². The lowest BCUT2D eigenvalue weighted by Gasteiger charge is -2.28. The van der Waals surface area contributed by atoms with Gasteiger partial charge < -0.3 is 19.6 Å². The number of aryl methyl sites for hydroxylation is 17. The molecule has 4 aliphatic rings. The highest BCUT2D eigenvalue weighted by atomic mass is 15.5. The molecular weight excluding hydrogens is 1420 g/mol. The number of allylic oxidation sites excluding steroid dienone is 4. The SMILES string of the molecule is CC1=C(C)N(c2c(C)cc(C)c(-c3cc(C)ccc3C)[n+]2C)[C@H](C)N1c1ccccc1.CC1=C(C)N(c2c(C)cc(C)c(-c3ccccc3C)[n+]2C)[C@H](C)N1C.Cc1cc(C)c(-c2c(C)cc(C)c(N3C=CN(c4c(C)cccc4C)[C@H]3C)[n+]2C)cc1C.Cc1ccc(C)c(-c2cc(C)cc(N3C=CN(c4ccccc4)[C@H]3C)[n+]2C)c1. The molecule has 0 saturated heterocycles. The second kappa shape index (κ2) is 34.1. The first-order valence-electron chi connectivity index (χ1n) is 41.5. The van der Waals surface area contributed by atoms with Gasteiger partial charge >= 0.3 is 0 Å². The lowest BCUT2D eigenvalue weighted by Crippen LogP contribution is -2.46. The van der Waals surface area contributed by atoms with Gasteiger partial charge in [0.15, 0.2) is 24.7 Å². The van der Waals surface area contributed by atoms with Crippen LogP contribution >= 0.6 is 0 Å². The van der Waals surface area contributed by atoms with Crippen LogP contribution in [0.2, 0.25) is 0 Å². The third kappa shape index (κ3) is 15.9. The Balaban J connectivity index is 0.000000143. The van der Waals surface area contributed by atoms with Crippen LogP contribution in [0.4, 0.5) is 40.3 Å². The van der Waals surface area contributed by atoms with Crippen LogP contribution in [-0.2, 0) is 28.2 Å². The van der Waals surface area contributed by atoms with E-state index < -0.39 is 0 Å². The first-order chi connectivity index (χ1) is 55.0. The van der Waals surface area contributed by atoms with Crippen molar-refractivity contribution in [1.82, 2.24) is 4.90 Å². The molecule has 0 aliphatic carbocycles. The second-order valence-electron chi connectivity index (χ2n) is 33.5. The van der Waals surface area contributed by atoms with Crippen molar-refractivity contribution < 1.29 is 18.3 Å². The highest BCUT2D eigenvalue weighted by molar-refractivity contribution is 5.74. The number of hydrogen-bond acceptors (Lipinski definition) is 8. The molecule has 7 aromatic carbocycles. The average molecular weight is 1550 g/mol. The van der Waals surface area contributed by atoms with Crippen LogP contribution in [0.1, 0.15) is 150 Å². The maximum atomic E-state index is 2.49. The first-order valence-corrected chi connectivity index (χ1v) is 41.5. The summed E-state index contributed by atoms with van der Waals surface area (Å²) in [6.07, 6.45) is 9.71. The van der Waals surface area contributed by atoms with Gasteiger partial charge in [0.2, 0.25) is 0 Å². The molecule has 116 heavy (non-hydrogen) atoms. The molecule has 600 valence electrons. The standard InChI is InChI=1S/C29H36N3.C28H34N3.C25H28N3.C22H30N3/c1-18-11-10-12-19(2)27(18)31-13-14-32(25(31)8)29-24(7)16-23(6)28(30(29)9)26-17-21(4)20(3)15-22(26)5;1-18-14-15-19(2)26(16-18)27-20(3)17-21(4)28(29(27)8)31-23(6)22(5)30(24(31)7)25-12-10-9-11-13-25;1-18-11-12-20(3)23(15-18)24-16-19(2)17-25(26(24)5)28-14-13-27(21(28)4)22-9-7-6-8-10-22;1-14-11-9-10-12-20(14)21-15(2)13-16(3)22(24(21)8)25-18(5)17(4)23(7)19(25)6/h10-17,25H,1-9H3;9-17,24H,1-8H3;6-17,21H,1-5H3;9-13,19H,1-8H3/q4*+1/t25-;24-;21-;19-/m1111/s1. The molecule has 4 atom stereocenters. The number of para-hydroxylation sites is 3. The zero-order valence-electron chi connectivity index (χ0n) is 75.3. The summed E-state index contributed by atoms with van der Waals surface area (Å²) in [7, 11) is 11.0. The molecule has 12 nitrogen and oxygen atoms in total. The Kier molecular flexibility index (Phi) is 24.7. The molecule has 0 bridgehead atoms. The summed E-state index contributed by atoms with van der Waals surface area (Å²) in [5.74, 6) is 4.96. The molecule has 4 aromatic heterocycles. The van der Waals surface area contributed by atoms with Crippen LogP contribution in [0.15, 0.2) is 230 Å². The smallest absolute Gasteiger partial charge is 0.286 e. The molecule has 0 unspecified atom stereocenters. The lowest BCUT2D eigenvalue weighted by molar-refractivity contribution is -0.648. The van der Waals surface area contributed by atoms with E-state index in [1.54, 1.807) is 0 Å². The fraction of sp³-hybridized carbons (Fsp3) is 0.327. The van der Waals surface area contributed by atoms with Gasteiger partial charge in [-0.15, -0.1) is 0 Å². The van der Waals surface area contributed by atoms with E-state index in [4.69, 9.17) is 0 Å².